The van der Waals surface area contributed by atoms with Crippen LogP contribution in [0.15, 0.2) is 71.5 Å². The van der Waals surface area contributed by atoms with Gasteiger partial charge in [-0.2, -0.15) is 5.10 Å². The van der Waals surface area contributed by atoms with E-state index in [-0.39, 0.29) is 0 Å². The van der Waals surface area contributed by atoms with Crippen LogP contribution in [0.3, 0.4) is 0 Å². The third kappa shape index (κ3) is 4.00. The second kappa shape index (κ2) is 8.08. The normalized spacial score (nSPS) is 11.0. The summed E-state index contributed by atoms with van der Waals surface area (Å²) in [7, 11) is 0. The monoisotopic (exact) mass is 471 g/mol. The SMILES string of the molecule is Cc1cc(-c2ccc(Cl)cc2Cl)c(-c2ccc(Br)cc2)nc1Cn1cccn1. The van der Waals surface area contributed by atoms with Gasteiger partial charge in [0, 0.05) is 43.6 Å². The maximum absolute atomic E-state index is 6.52. The first kappa shape index (κ1) is 19.2. The van der Waals surface area contributed by atoms with Crippen molar-refractivity contribution in [1.29, 1.82) is 0 Å². The Morgan fingerprint density at radius 1 is 1.00 bits per heavy atom. The Morgan fingerprint density at radius 3 is 2.46 bits per heavy atom. The minimum atomic E-state index is 0.604. The van der Waals surface area contributed by atoms with Crippen LogP contribution in [0.25, 0.3) is 22.4 Å². The Bertz CT molecular complexity index is 1120. The molecule has 140 valence electrons. The van der Waals surface area contributed by atoms with E-state index in [0.717, 1.165) is 38.1 Å². The molecule has 0 aliphatic heterocycles. The fourth-order valence-electron chi connectivity index (χ4n) is 3.10. The molecule has 0 radical (unpaired) electrons. The maximum Gasteiger partial charge on any atom is 0.0834 e. The van der Waals surface area contributed by atoms with Crippen LogP contribution < -0.4 is 0 Å². The van der Waals surface area contributed by atoms with E-state index < -0.39 is 0 Å². The number of pyridine rings is 1. The lowest BCUT2D eigenvalue weighted by atomic mass is 9.96. The van der Waals surface area contributed by atoms with Crippen LogP contribution in [-0.2, 0) is 6.54 Å². The van der Waals surface area contributed by atoms with Crippen molar-refractivity contribution in [2.24, 2.45) is 0 Å². The Labute approximate surface area is 182 Å². The van der Waals surface area contributed by atoms with Crippen molar-refractivity contribution in [3.05, 3.63) is 92.8 Å². The number of halogens is 3. The molecule has 0 fully saturated rings. The first-order valence-corrected chi connectivity index (χ1v) is 10.3. The average Bonchev–Trinajstić information content (AvgIpc) is 3.17. The lowest BCUT2D eigenvalue weighted by Gasteiger charge is -2.16. The molecule has 0 spiro atoms. The minimum Gasteiger partial charge on any atom is -0.267 e. The summed E-state index contributed by atoms with van der Waals surface area (Å²) in [5.41, 5.74) is 5.83. The van der Waals surface area contributed by atoms with Crippen molar-refractivity contribution < 1.29 is 0 Å². The molecule has 0 saturated heterocycles. The van der Waals surface area contributed by atoms with Crippen molar-refractivity contribution in [3.63, 3.8) is 0 Å². The second-order valence-corrected chi connectivity index (χ2v) is 8.24. The number of hydrogen-bond acceptors (Lipinski definition) is 2. The van der Waals surface area contributed by atoms with E-state index in [1.807, 2.05) is 53.3 Å². The van der Waals surface area contributed by atoms with Crippen LogP contribution in [0.1, 0.15) is 11.3 Å². The van der Waals surface area contributed by atoms with E-state index in [9.17, 15) is 0 Å². The molecule has 0 aliphatic carbocycles. The molecule has 0 amide bonds. The molecule has 0 saturated carbocycles. The van der Waals surface area contributed by atoms with Gasteiger partial charge >= 0.3 is 0 Å². The summed E-state index contributed by atoms with van der Waals surface area (Å²) < 4.78 is 2.89. The van der Waals surface area contributed by atoms with E-state index >= 15 is 0 Å². The van der Waals surface area contributed by atoms with Crippen LogP contribution >= 0.6 is 39.1 Å². The largest absolute Gasteiger partial charge is 0.267 e. The van der Waals surface area contributed by atoms with E-state index in [1.165, 1.54) is 0 Å². The summed E-state index contributed by atoms with van der Waals surface area (Å²) in [6, 6.07) is 17.7. The fraction of sp³-hybridized carbons (Fsp3) is 0.0909. The highest BCUT2D eigenvalue weighted by molar-refractivity contribution is 9.10. The highest BCUT2D eigenvalue weighted by atomic mass is 79.9. The third-order valence-corrected chi connectivity index (χ3v) is 5.60. The summed E-state index contributed by atoms with van der Waals surface area (Å²) >= 11 is 16.1. The number of hydrogen-bond donors (Lipinski definition) is 0. The summed E-state index contributed by atoms with van der Waals surface area (Å²) in [6.45, 7) is 2.67. The molecule has 2 aromatic carbocycles. The fourth-order valence-corrected chi connectivity index (χ4v) is 3.87. The van der Waals surface area contributed by atoms with E-state index in [0.29, 0.717) is 16.6 Å². The molecule has 3 nitrogen and oxygen atoms in total. The molecule has 0 unspecified atom stereocenters. The van der Waals surface area contributed by atoms with Crippen LogP contribution in [0.5, 0.6) is 0 Å². The highest BCUT2D eigenvalue weighted by Crippen LogP contribution is 2.37. The van der Waals surface area contributed by atoms with Gasteiger partial charge in [-0.05, 0) is 48.9 Å². The predicted octanol–water partition coefficient (Wildman–Crippen LogP) is 7.04. The molecule has 2 aromatic heterocycles. The first-order valence-electron chi connectivity index (χ1n) is 8.70. The van der Waals surface area contributed by atoms with Gasteiger partial charge in [0.2, 0.25) is 0 Å². The van der Waals surface area contributed by atoms with Gasteiger partial charge in [0.15, 0.2) is 0 Å². The molecular weight excluding hydrogens is 457 g/mol. The summed E-state index contributed by atoms with van der Waals surface area (Å²) in [5, 5.41) is 5.52. The number of aryl methyl sites for hydroxylation is 1. The van der Waals surface area contributed by atoms with Crippen molar-refractivity contribution >= 4 is 39.1 Å². The Kier molecular flexibility index (Phi) is 5.54. The Balaban J connectivity index is 1.91. The summed E-state index contributed by atoms with van der Waals surface area (Å²) in [6.07, 6.45) is 3.71. The number of aromatic nitrogens is 3. The van der Waals surface area contributed by atoms with Crippen molar-refractivity contribution in [1.82, 2.24) is 14.8 Å². The number of rotatable bonds is 4. The zero-order valence-corrected chi connectivity index (χ0v) is 18.1. The Morgan fingerprint density at radius 2 is 1.79 bits per heavy atom. The average molecular weight is 473 g/mol. The molecule has 2 heterocycles. The summed E-state index contributed by atoms with van der Waals surface area (Å²) in [4.78, 5) is 5.02. The molecule has 0 atom stereocenters. The topological polar surface area (TPSA) is 30.7 Å². The van der Waals surface area contributed by atoms with Crippen LogP contribution in [-0.4, -0.2) is 14.8 Å². The van der Waals surface area contributed by atoms with Gasteiger partial charge in [0.05, 0.1) is 17.9 Å². The van der Waals surface area contributed by atoms with Crippen molar-refractivity contribution in [2.45, 2.75) is 13.5 Å². The summed E-state index contributed by atoms with van der Waals surface area (Å²) in [5.74, 6) is 0. The lowest BCUT2D eigenvalue weighted by molar-refractivity contribution is 0.670. The molecule has 4 rings (SSSR count). The standard InChI is InChI=1S/C22H16BrCl2N3/c1-14-11-19(18-8-7-17(24)12-20(18)25)22(15-3-5-16(23)6-4-15)27-21(14)13-28-10-2-9-26-28/h2-12H,13H2,1H3. The van der Waals surface area contributed by atoms with Gasteiger partial charge in [-0.1, -0.05) is 57.3 Å². The molecule has 6 heteroatoms. The van der Waals surface area contributed by atoms with Crippen LogP contribution in [0, 0.1) is 6.92 Å². The molecule has 0 bridgehead atoms. The van der Waals surface area contributed by atoms with Gasteiger partial charge < -0.3 is 0 Å². The smallest absolute Gasteiger partial charge is 0.0834 e. The molecule has 4 aromatic rings. The van der Waals surface area contributed by atoms with E-state index in [2.05, 4.69) is 34.0 Å². The Hall–Kier alpha value is -2.14. The van der Waals surface area contributed by atoms with Gasteiger partial charge in [0.1, 0.15) is 0 Å². The first-order chi connectivity index (χ1) is 13.5. The molecule has 0 N–H and O–H groups in total. The van der Waals surface area contributed by atoms with E-state index in [1.54, 1.807) is 12.3 Å². The van der Waals surface area contributed by atoms with Crippen LogP contribution in [0.4, 0.5) is 0 Å². The van der Waals surface area contributed by atoms with Gasteiger partial charge in [-0.15, -0.1) is 0 Å². The predicted molar refractivity (Wildman–Crippen MR) is 119 cm³/mol. The third-order valence-electron chi connectivity index (χ3n) is 4.53. The highest BCUT2D eigenvalue weighted by Gasteiger charge is 2.16. The number of benzene rings is 2. The number of nitrogens with zero attached hydrogens (tertiary/aromatic N) is 3. The lowest BCUT2D eigenvalue weighted by Crippen LogP contribution is -2.06. The van der Waals surface area contributed by atoms with Gasteiger partial charge in [-0.3, -0.25) is 4.68 Å². The quantitative estimate of drug-likeness (QED) is 0.319. The zero-order valence-electron chi connectivity index (χ0n) is 15.0. The van der Waals surface area contributed by atoms with Crippen molar-refractivity contribution in [3.8, 4) is 22.4 Å². The second-order valence-electron chi connectivity index (χ2n) is 6.48. The zero-order chi connectivity index (χ0) is 19.7. The van der Waals surface area contributed by atoms with Crippen molar-refractivity contribution in [2.75, 3.05) is 0 Å². The molecule has 28 heavy (non-hydrogen) atoms. The minimum absolute atomic E-state index is 0.604. The molecule has 0 aliphatic rings. The van der Waals surface area contributed by atoms with Crippen LogP contribution in [0.2, 0.25) is 10.0 Å². The maximum atomic E-state index is 6.52. The van der Waals surface area contributed by atoms with Gasteiger partial charge in [-0.25, -0.2) is 4.98 Å². The van der Waals surface area contributed by atoms with Gasteiger partial charge in [0.25, 0.3) is 0 Å². The molecular formula is C22H16BrCl2N3. The van der Waals surface area contributed by atoms with E-state index in [4.69, 9.17) is 28.2 Å².